The van der Waals surface area contributed by atoms with Gasteiger partial charge in [-0.3, -0.25) is 0 Å². The Bertz CT molecular complexity index is 507. The van der Waals surface area contributed by atoms with Gasteiger partial charge in [-0.15, -0.1) is 0 Å². The third kappa shape index (κ3) is 7.36. The van der Waals surface area contributed by atoms with Crippen LogP contribution in [0.25, 0.3) is 0 Å². The molecule has 1 aromatic carbocycles. The molecule has 0 spiro atoms. The predicted octanol–water partition coefficient (Wildman–Crippen LogP) is 3.52. The van der Waals surface area contributed by atoms with Crippen molar-refractivity contribution in [3.05, 3.63) is 35.4 Å². The Hall–Kier alpha value is -1.76. The summed E-state index contributed by atoms with van der Waals surface area (Å²) in [4.78, 5) is 11.8. The van der Waals surface area contributed by atoms with E-state index in [2.05, 4.69) is 5.32 Å². The van der Waals surface area contributed by atoms with Crippen molar-refractivity contribution in [2.24, 2.45) is 0 Å². The van der Waals surface area contributed by atoms with Crippen LogP contribution in [0.5, 0.6) is 0 Å². The number of rotatable bonds is 5. The molecule has 0 saturated carbocycles. The number of alkyl halides is 3. The monoisotopic (exact) mass is 333 g/mol. The maximum atomic E-state index is 12.5. The summed E-state index contributed by atoms with van der Waals surface area (Å²) in [5.74, 6) is 0. The molecule has 0 radical (unpaired) electrons. The summed E-state index contributed by atoms with van der Waals surface area (Å²) in [5.41, 5.74) is -0.741. The van der Waals surface area contributed by atoms with Gasteiger partial charge in [-0.05, 0) is 51.3 Å². The van der Waals surface area contributed by atoms with Crippen molar-refractivity contribution in [1.82, 2.24) is 5.32 Å². The Morgan fingerprint density at radius 1 is 1.22 bits per heavy atom. The molecule has 0 saturated heterocycles. The average molecular weight is 333 g/mol. The van der Waals surface area contributed by atoms with E-state index in [1.165, 1.54) is 12.1 Å². The lowest BCUT2D eigenvalue weighted by Gasteiger charge is -2.23. The van der Waals surface area contributed by atoms with E-state index in [1.54, 1.807) is 20.8 Å². The highest BCUT2D eigenvalue weighted by Crippen LogP contribution is 2.29. The molecular weight excluding hydrogens is 311 g/mol. The summed E-state index contributed by atoms with van der Waals surface area (Å²) < 4.78 is 42.7. The van der Waals surface area contributed by atoms with Gasteiger partial charge in [-0.2, -0.15) is 13.2 Å². The van der Waals surface area contributed by atoms with Crippen LogP contribution in [0.1, 0.15) is 38.3 Å². The molecule has 2 N–H and O–H groups in total. The van der Waals surface area contributed by atoms with E-state index in [0.717, 1.165) is 12.1 Å². The van der Waals surface area contributed by atoms with E-state index in [4.69, 9.17) is 9.84 Å². The first-order chi connectivity index (χ1) is 10.5. The first-order valence-corrected chi connectivity index (χ1v) is 7.28. The van der Waals surface area contributed by atoms with Crippen LogP contribution in [0.4, 0.5) is 18.0 Å². The van der Waals surface area contributed by atoms with Crippen LogP contribution in [-0.4, -0.2) is 29.4 Å². The third-order valence-electron chi connectivity index (χ3n) is 2.96. The van der Waals surface area contributed by atoms with Gasteiger partial charge in [-0.25, -0.2) is 4.79 Å². The molecule has 1 atom stereocenters. The second-order valence-corrected chi connectivity index (χ2v) is 6.25. The van der Waals surface area contributed by atoms with Crippen molar-refractivity contribution in [3.8, 4) is 0 Å². The summed E-state index contributed by atoms with van der Waals surface area (Å²) in [6, 6.07) is 4.30. The van der Waals surface area contributed by atoms with Gasteiger partial charge in [0, 0.05) is 12.6 Å². The van der Waals surface area contributed by atoms with Crippen LogP contribution in [-0.2, 0) is 17.3 Å². The van der Waals surface area contributed by atoms with E-state index in [1.807, 2.05) is 0 Å². The summed E-state index contributed by atoms with van der Waals surface area (Å²) >= 11 is 0. The average Bonchev–Trinajstić information content (AvgIpc) is 2.36. The molecule has 23 heavy (non-hydrogen) atoms. The molecular formula is C16H22F3NO3. The molecule has 0 aliphatic rings. The lowest BCUT2D eigenvalue weighted by molar-refractivity contribution is -0.137. The minimum absolute atomic E-state index is 0.152. The fraction of sp³-hybridized carbons (Fsp3) is 0.562. The lowest BCUT2D eigenvalue weighted by atomic mass is 10.0. The number of aliphatic hydroxyl groups is 1. The zero-order valence-corrected chi connectivity index (χ0v) is 13.4. The quantitative estimate of drug-likeness (QED) is 0.867. The number of halogens is 3. The highest BCUT2D eigenvalue weighted by Gasteiger charge is 2.30. The Kier molecular flexibility index (Phi) is 6.44. The standard InChI is InChI=1S/C16H22F3NO3/c1-15(2,3)23-14(22)20-13(8-9-21)10-11-4-6-12(7-5-11)16(17,18)19/h4-7,13,21H,8-10H2,1-3H3,(H,20,22). The number of amides is 1. The van der Waals surface area contributed by atoms with Crippen molar-refractivity contribution in [2.75, 3.05) is 6.61 Å². The number of alkyl carbamates (subject to hydrolysis) is 1. The van der Waals surface area contributed by atoms with E-state index >= 15 is 0 Å². The molecule has 1 unspecified atom stereocenters. The SMILES string of the molecule is CC(C)(C)OC(=O)NC(CCO)Cc1ccc(C(F)(F)F)cc1. The molecule has 0 aliphatic carbocycles. The largest absolute Gasteiger partial charge is 0.444 e. The predicted molar refractivity (Wildman–Crippen MR) is 80.0 cm³/mol. The Morgan fingerprint density at radius 2 is 1.78 bits per heavy atom. The number of carbonyl (C=O) groups excluding carboxylic acids is 1. The molecule has 0 heterocycles. The first-order valence-electron chi connectivity index (χ1n) is 7.28. The number of nitrogens with one attached hydrogen (secondary N) is 1. The van der Waals surface area contributed by atoms with E-state index in [9.17, 15) is 18.0 Å². The maximum Gasteiger partial charge on any atom is 0.416 e. The molecule has 4 nitrogen and oxygen atoms in total. The Balaban J connectivity index is 2.70. The van der Waals surface area contributed by atoms with E-state index in [0.29, 0.717) is 12.0 Å². The lowest BCUT2D eigenvalue weighted by Crippen LogP contribution is -2.40. The molecule has 0 aliphatic heterocycles. The number of ether oxygens (including phenoxy) is 1. The van der Waals surface area contributed by atoms with Crippen molar-refractivity contribution in [3.63, 3.8) is 0 Å². The zero-order chi connectivity index (χ0) is 17.7. The Labute approximate surface area is 133 Å². The van der Waals surface area contributed by atoms with Crippen LogP contribution < -0.4 is 5.32 Å². The van der Waals surface area contributed by atoms with Gasteiger partial charge in [0.15, 0.2) is 0 Å². The summed E-state index contributed by atoms with van der Waals surface area (Å²) in [6.07, 6.45) is -4.42. The van der Waals surface area contributed by atoms with Crippen molar-refractivity contribution >= 4 is 6.09 Å². The van der Waals surface area contributed by atoms with Crippen molar-refractivity contribution in [1.29, 1.82) is 0 Å². The number of hydrogen-bond donors (Lipinski definition) is 2. The Morgan fingerprint density at radius 3 is 2.22 bits per heavy atom. The number of benzene rings is 1. The highest BCUT2D eigenvalue weighted by molar-refractivity contribution is 5.68. The van der Waals surface area contributed by atoms with Gasteiger partial charge >= 0.3 is 12.3 Å². The molecule has 0 aromatic heterocycles. The van der Waals surface area contributed by atoms with Crippen molar-refractivity contribution in [2.45, 2.75) is 51.4 Å². The third-order valence-corrected chi connectivity index (χ3v) is 2.96. The zero-order valence-electron chi connectivity index (χ0n) is 13.4. The fourth-order valence-corrected chi connectivity index (χ4v) is 1.97. The van der Waals surface area contributed by atoms with E-state index < -0.39 is 29.5 Å². The minimum atomic E-state index is -4.38. The van der Waals surface area contributed by atoms with Crippen LogP contribution in [0, 0.1) is 0 Å². The van der Waals surface area contributed by atoms with E-state index in [-0.39, 0.29) is 13.0 Å². The fourth-order valence-electron chi connectivity index (χ4n) is 1.97. The highest BCUT2D eigenvalue weighted by atomic mass is 19.4. The maximum absolute atomic E-state index is 12.5. The molecule has 1 rings (SSSR count). The molecule has 130 valence electrons. The molecule has 1 amide bonds. The number of aliphatic hydroxyl groups excluding tert-OH is 1. The number of carbonyl (C=O) groups is 1. The number of hydrogen-bond acceptors (Lipinski definition) is 3. The molecule has 0 fully saturated rings. The molecule has 1 aromatic rings. The second-order valence-electron chi connectivity index (χ2n) is 6.25. The van der Waals surface area contributed by atoms with Crippen LogP contribution in [0.3, 0.4) is 0 Å². The first kappa shape index (κ1) is 19.3. The minimum Gasteiger partial charge on any atom is -0.444 e. The van der Waals surface area contributed by atoms with Crippen LogP contribution in [0.15, 0.2) is 24.3 Å². The summed E-state index contributed by atoms with van der Waals surface area (Å²) in [6.45, 7) is 5.03. The van der Waals surface area contributed by atoms with Gasteiger partial charge in [-0.1, -0.05) is 12.1 Å². The molecule has 7 heteroatoms. The van der Waals surface area contributed by atoms with Gasteiger partial charge in [0.1, 0.15) is 5.60 Å². The van der Waals surface area contributed by atoms with Crippen LogP contribution in [0.2, 0.25) is 0 Å². The molecule has 0 bridgehead atoms. The normalized spacial score (nSPS) is 13.5. The second kappa shape index (κ2) is 7.68. The van der Waals surface area contributed by atoms with Crippen molar-refractivity contribution < 1.29 is 27.8 Å². The van der Waals surface area contributed by atoms with Crippen LogP contribution >= 0.6 is 0 Å². The summed E-state index contributed by atoms with van der Waals surface area (Å²) in [7, 11) is 0. The summed E-state index contributed by atoms with van der Waals surface area (Å²) in [5, 5.41) is 11.7. The van der Waals surface area contributed by atoms with Gasteiger partial charge in [0.25, 0.3) is 0 Å². The van der Waals surface area contributed by atoms with Gasteiger partial charge in [0.2, 0.25) is 0 Å². The topological polar surface area (TPSA) is 58.6 Å². The van der Waals surface area contributed by atoms with Gasteiger partial charge < -0.3 is 15.2 Å². The smallest absolute Gasteiger partial charge is 0.416 e. The van der Waals surface area contributed by atoms with Gasteiger partial charge in [0.05, 0.1) is 5.56 Å².